The summed E-state index contributed by atoms with van der Waals surface area (Å²) in [7, 11) is 0. The van der Waals surface area contributed by atoms with Crippen molar-refractivity contribution in [3.8, 4) is 0 Å². The van der Waals surface area contributed by atoms with Gasteiger partial charge in [0.25, 0.3) is 0 Å². The second kappa shape index (κ2) is 65.9. The topological polar surface area (TPSA) is 78.9 Å². The molecule has 0 bridgehead atoms. The molecule has 450 valence electrons. The second-order valence-corrected chi connectivity index (χ2v) is 23.1. The first-order valence-electron chi connectivity index (χ1n) is 34.1. The first-order chi connectivity index (χ1) is 38.0. The third-order valence-electron chi connectivity index (χ3n) is 15.3. The van der Waals surface area contributed by atoms with Crippen LogP contribution in [0.4, 0.5) is 0 Å². The van der Waals surface area contributed by atoms with Crippen LogP contribution in [0.5, 0.6) is 0 Å². The number of carbonyl (C=O) groups is 3. The highest BCUT2D eigenvalue weighted by molar-refractivity contribution is 5.71. The van der Waals surface area contributed by atoms with Crippen molar-refractivity contribution in [1.82, 2.24) is 0 Å². The summed E-state index contributed by atoms with van der Waals surface area (Å²) in [5.74, 6) is -0.899. The monoisotopic (exact) mass is 1080 g/mol. The molecule has 0 radical (unpaired) electrons. The van der Waals surface area contributed by atoms with Crippen molar-refractivity contribution >= 4 is 17.9 Å². The molecule has 0 aromatic rings. The maximum Gasteiger partial charge on any atom is 0.306 e. The molecule has 0 fully saturated rings. The summed E-state index contributed by atoms with van der Waals surface area (Å²) in [6, 6.07) is 0. The smallest absolute Gasteiger partial charge is 0.306 e. The van der Waals surface area contributed by atoms with E-state index in [0.29, 0.717) is 19.3 Å². The molecule has 0 saturated heterocycles. The summed E-state index contributed by atoms with van der Waals surface area (Å²) in [6.07, 6.45) is 82.9. The van der Waals surface area contributed by atoms with E-state index in [-0.39, 0.29) is 31.1 Å². The Morgan fingerprint density at radius 1 is 0.273 bits per heavy atom. The molecule has 1 atom stereocenters. The van der Waals surface area contributed by atoms with E-state index in [9.17, 15) is 14.4 Å². The molecule has 0 aliphatic carbocycles. The highest BCUT2D eigenvalue weighted by Gasteiger charge is 2.19. The van der Waals surface area contributed by atoms with E-state index in [4.69, 9.17) is 14.2 Å². The summed E-state index contributed by atoms with van der Waals surface area (Å²) >= 11 is 0. The van der Waals surface area contributed by atoms with Crippen LogP contribution in [0.25, 0.3) is 0 Å². The zero-order valence-electron chi connectivity index (χ0n) is 51.7. The first-order valence-corrected chi connectivity index (χ1v) is 34.1. The van der Waals surface area contributed by atoms with Crippen LogP contribution in [0.3, 0.4) is 0 Å². The van der Waals surface area contributed by atoms with Crippen LogP contribution < -0.4 is 0 Å². The van der Waals surface area contributed by atoms with Gasteiger partial charge in [-0.1, -0.05) is 339 Å². The van der Waals surface area contributed by atoms with Crippen LogP contribution in [0.2, 0.25) is 0 Å². The lowest BCUT2D eigenvalue weighted by molar-refractivity contribution is -0.167. The standard InChI is InChI=1S/C71H130O6/c1-4-7-10-13-16-19-22-25-28-30-31-32-33-34-35-36-37-38-39-41-43-46-49-52-55-58-61-64-70(73)76-67-68(66-75-69(72)63-60-57-54-51-48-45-42-27-24-21-18-15-12-9-6-3)77-71(74)65-62-59-56-53-50-47-44-40-29-26-23-20-17-14-11-8-5-2/h9,12,18,21,27,42,48,51,68H,4-8,10-11,13-17,19-20,22-26,28-41,43-47,49-50,52-67H2,1-3H3/b12-9-,21-18-,42-27-,51-48-. The fraction of sp³-hybridized carbons (Fsp3) is 0.845. The number of hydrogen-bond acceptors (Lipinski definition) is 6. The van der Waals surface area contributed by atoms with Crippen LogP contribution in [-0.4, -0.2) is 37.2 Å². The van der Waals surface area contributed by atoms with Gasteiger partial charge in [0.2, 0.25) is 0 Å². The minimum Gasteiger partial charge on any atom is -0.462 e. The van der Waals surface area contributed by atoms with E-state index in [1.54, 1.807) is 0 Å². The van der Waals surface area contributed by atoms with Gasteiger partial charge in [0, 0.05) is 19.3 Å². The highest BCUT2D eigenvalue weighted by Crippen LogP contribution is 2.18. The third-order valence-corrected chi connectivity index (χ3v) is 15.3. The van der Waals surface area contributed by atoms with E-state index in [0.717, 1.165) is 83.5 Å². The maximum absolute atomic E-state index is 12.9. The quantitative estimate of drug-likeness (QED) is 0.0261. The van der Waals surface area contributed by atoms with Gasteiger partial charge in [-0.2, -0.15) is 0 Å². The number of unbranched alkanes of at least 4 members (excludes halogenated alkanes) is 44. The normalized spacial score (nSPS) is 12.3. The average molecular weight is 1080 g/mol. The molecule has 77 heavy (non-hydrogen) atoms. The molecule has 0 N–H and O–H groups in total. The van der Waals surface area contributed by atoms with E-state index in [2.05, 4.69) is 69.4 Å². The van der Waals surface area contributed by atoms with Crippen LogP contribution in [0.15, 0.2) is 48.6 Å². The predicted octanol–water partition coefficient (Wildman–Crippen LogP) is 23.3. The Labute approximate surface area is 479 Å². The second-order valence-electron chi connectivity index (χ2n) is 23.1. The molecule has 0 spiro atoms. The largest absolute Gasteiger partial charge is 0.462 e. The lowest BCUT2D eigenvalue weighted by Gasteiger charge is -2.18. The summed E-state index contributed by atoms with van der Waals surface area (Å²) in [5, 5.41) is 0. The van der Waals surface area contributed by atoms with E-state index >= 15 is 0 Å². The van der Waals surface area contributed by atoms with E-state index in [1.807, 2.05) is 0 Å². The molecule has 6 nitrogen and oxygen atoms in total. The Bertz CT molecular complexity index is 1330. The Balaban J connectivity index is 4.24. The molecule has 1 unspecified atom stereocenters. The summed E-state index contributed by atoms with van der Waals surface area (Å²) in [4.78, 5) is 38.3. The summed E-state index contributed by atoms with van der Waals surface area (Å²) in [6.45, 7) is 6.56. The molecule has 0 aliphatic rings. The van der Waals surface area contributed by atoms with Crippen LogP contribution in [0, 0.1) is 0 Å². The predicted molar refractivity (Wildman–Crippen MR) is 335 cm³/mol. The SMILES string of the molecule is CC/C=C\C/C=C\C/C=C\C/C=C\CCCCC(=O)OCC(COC(=O)CCCCCCCCCCCCCCCCCCCCCCCCCCCCC)OC(=O)CCCCCCCCCCCCCCCCCCC. The van der Waals surface area contributed by atoms with Gasteiger partial charge in [0.1, 0.15) is 13.2 Å². The van der Waals surface area contributed by atoms with Crippen molar-refractivity contribution in [3.05, 3.63) is 48.6 Å². The lowest BCUT2D eigenvalue weighted by Crippen LogP contribution is -2.30. The van der Waals surface area contributed by atoms with Gasteiger partial charge >= 0.3 is 17.9 Å². The van der Waals surface area contributed by atoms with Crippen molar-refractivity contribution in [2.45, 2.75) is 374 Å². The number of hydrogen-bond donors (Lipinski definition) is 0. The molecular weight excluding hydrogens is 949 g/mol. The number of ether oxygens (including phenoxy) is 3. The van der Waals surface area contributed by atoms with Gasteiger partial charge in [0.05, 0.1) is 0 Å². The van der Waals surface area contributed by atoms with Crippen LogP contribution >= 0.6 is 0 Å². The van der Waals surface area contributed by atoms with Gasteiger partial charge in [-0.05, 0) is 57.8 Å². The van der Waals surface area contributed by atoms with Crippen molar-refractivity contribution < 1.29 is 28.6 Å². The molecule has 0 aromatic heterocycles. The Hall–Kier alpha value is -2.63. The average Bonchev–Trinajstić information content (AvgIpc) is 3.43. The van der Waals surface area contributed by atoms with Gasteiger partial charge < -0.3 is 14.2 Å². The molecule has 6 heteroatoms. The molecule has 0 rings (SSSR count). The van der Waals surface area contributed by atoms with Crippen LogP contribution in [0.1, 0.15) is 367 Å². The Morgan fingerprint density at radius 2 is 0.506 bits per heavy atom. The summed E-state index contributed by atoms with van der Waals surface area (Å²) in [5.41, 5.74) is 0. The number of carbonyl (C=O) groups excluding carboxylic acids is 3. The van der Waals surface area contributed by atoms with Crippen molar-refractivity contribution in [2.24, 2.45) is 0 Å². The molecule has 0 aliphatic heterocycles. The Morgan fingerprint density at radius 3 is 0.792 bits per heavy atom. The minimum absolute atomic E-state index is 0.0811. The van der Waals surface area contributed by atoms with Gasteiger partial charge in [-0.25, -0.2) is 0 Å². The van der Waals surface area contributed by atoms with Crippen LogP contribution in [-0.2, 0) is 28.6 Å². The number of rotatable bonds is 63. The van der Waals surface area contributed by atoms with Crippen molar-refractivity contribution in [2.75, 3.05) is 13.2 Å². The van der Waals surface area contributed by atoms with Crippen molar-refractivity contribution in [1.29, 1.82) is 0 Å². The fourth-order valence-electron chi connectivity index (χ4n) is 10.3. The first kappa shape index (κ1) is 74.4. The molecule has 0 aromatic carbocycles. The van der Waals surface area contributed by atoms with Crippen molar-refractivity contribution in [3.63, 3.8) is 0 Å². The zero-order valence-corrected chi connectivity index (χ0v) is 51.7. The molecule has 0 heterocycles. The molecular formula is C71H130O6. The maximum atomic E-state index is 12.9. The van der Waals surface area contributed by atoms with E-state index < -0.39 is 6.10 Å². The number of allylic oxidation sites excluding steroid dienone is 8. The fourth-order valence-corrected chi connectivity index (χ4v) is 10.3. The lowest BCUT2D eigenvalue weighted by atomic mass is 10.0. The zero-order chi connectivity index (χ0) is 55.7. The van der Waals surface area contributed by atoms with Gasteiger partial charge in [-0.3, -0.25) is 14.4 Å². The molecule has 0 saturated carbocycles. The Kier molecular flexibility index (Phi) is 63.6. The summed E-state index contributed by atoms with van der Waals surface area (Å²) < 4.78 is 16.9. The van der Waals surface area contributed by atoms with Gasteiger partial charge in [0.15, 0.2) is 6.10 Å². The molecule has 0 amide bonds. The highest BCUT2D eigenvalue weighted by atomic mass is 16.6. The third kappa shape index (κ3) is 64.1. The minimum atomic E-state index is -0.788. The number of esters is 3. The van der Waals surface area contributed by atoms with Gasteiger partial charge in [-0.15, -0.1) is 0 Å². The van der Waals surface area contributed by atoms with E-state index in [1.165, 1.54) is 244 Å².